The van der Waals surface area contributed by atoms with E-state index in [2.05, 4.69) is 75.5 Å². The summed E-state index contributed by atoms with van der Waals surface area (Å²) < 4.78 is 0. The van der Waals surface area contributed by atoms with Gasteiger partial charge in [0.15, 0.2) is 5.82 Å². The highest BCUT2D eigenvalue weighted by Crippen LogP contribution is 2.42. The molecule has 1 saturated heterocycles. The van der Waals surface area contributed by atoms with Crippen molar-refractivity contribution in [2.24, 2.45) is 0 Å². The van der Waals surface area contributed by atoms with E-state index in [9.17, 15) is 0 Å². The first-order valence-corrected chi connectivity index (χ1v) is 19.8. The van der Waals surface area contributed by atoms with Gasteiger partial charge in [-0.25, -0.2) is 0 Å². The SMILES string of the molecule is C.CC(C)NC1CCC(c2[nH]nc(-c3ccc(Cl)cc3)c2-c2ccncc2)CC1.CC1CN(c2n[nH]c(-c3ccc(Cl)cc3)c2-c2ccncc2)CC(C)N1. The largest absolute Gasteiger partial charge is 0.352 e. The second kappa shape index (κ2) is 18.4. The molecule has 6 aromatic rings. The number of aromatic amines is 2. The Labute approximate surface area is 335 Å². The number of halogens is 2. The number of pyridine rings is 2. The molecule has 55 heavy (non-hydrogen) atoms. The summed E-state index contributed by atoms with van der Waals surface area (Å²) in [5, 5.41) is 24.8. The number of aromatic nitrogens is 6. The van der Waals surface area contributed by atoms with Crippen LogP contribution in [0.5, 0.6) is 0 Å². The molecule has 1 aliphatic heterocycles. The lowest BCUT2D eigenvalue weighted by Gasteiger charge is -2.36. The van der Waals surface area contributed by atoms with Crippen molar-refractivity contribution in [1.29, 1.82) is 0 Å². The number of H-pyrrole nitrogens is 2. The van der Waals surface area contributed by atoms with Gasteiger partial charge in [0.1, 0.15) is 5.69 Å². The Balaban J connectivity index is 0.000000184. The number of anilines is 1. The van der Waals surface area contributed by atoms with Gasteiger partial charge >= 0.3 is 0 Å². The van der Waals surface area contributed by atoms with Crippen LogP contribution in [0.4, 0.5) is 5.82 Å². The van der Waals surface area contributed by atoms with Gasteiger partial charge in [-0.05, 0) is 99.2 Å². The maximum atomic E-state index is 6.09. The molecule has 288 valence electrons. The summed E-state index contributed by atoms with van der Waals surface area (Å²) in [5.41, 5.74) is 9.95. The van der Waals surface area contributed by atoms with Crippen LogP contribution < -0.4 is 15.5 Å². The van der Waals surface area contributed by atoms with E-state index in [1.54, 1.807) is 0 Å². The fourth-order valence-electron chi connectivity index (χ4n) is 7.98. The van der Waals surface area contributed by atoms with E-state index in [0.29, 0.717) is 30.1 Å². The monoisotopic (exact) mass is 777 g/mol. The maximum absolute atomic E-state index is 6.09. The zero-order chi connectivity index (χ0) is 37.6. The maximum Gasteiger partial charge on any atom is 0.159 e. The van der Waals surface area contributed by atoms with Crippen LogP contribution in [0.15, 0.2) is 97.6 Å². The van der Waals surface area contributed by atoms with E-state index in [1.807, 2.05) is 85.5 Å². The van der Waals surface area contributed by atoms with Crippen molar-refractivity contribution < 1.29 is 0 Å². The van der Waals surface area contributed by atoms with Crippen LogP contribution in [-0.4, -0.2) is 67.6 Å². The lowest BCUT2D eigenvalue weighted by Crippen LogP contribution is -2.54. The van der Waals surface area contributed by atoms with Crippen LogP contribution in [0.1, 0.15) is 72.4 Å². The number of hydrogen-bond donors (Lipinski definition) is 4. The van der Waals surface area contributed by atoms with Crippen molar-refractivity contribution in [3.05, 3.63) is 113 Å². The van der Waals surface area contributed by atoms with Crippen LogP contribution in [0.3, 0.4) is 0 Å². The highest BCUT2D eigenvalue weighted by molar-refractivity contribution is 6.31. The van der Waals surface area contributed by atoms with Crippen LogP contribution in [0.25, 0.3) is 44.8 Å². The molecule has 1 saturated carbocycles. The van der Waals surface area contributed by atoms with Crippen molar-refractivity contribution >= 4 is 29.0 Å². The molecule has 5 heterocycles. The van der Waals surface area contributed by atoms with Gasteiger partial charge < -0.3 is 15.5 Å². The van der Waals surface area contributed by atoms with E-state index in [-0.39, 0.29) is 7.43 Å². The molecule has 2 aromatic carbocycles. The van der Waals surface area contributed by atoms with Crippen molar-refractivity contribution in [3.8, 4) is 44.8 Å². The topological polar surface area (TPSA) is 110 Å². The second-order valence-corrected chi connectivity index (χ2v) is 15.8. The smallest absolute Gasteiger partial charge is 0.159 e. The minimum absolute atomic E-state index is 0. The molecule has 2 atom stereocenters. The molecule has 0 amide bonds. The van der Waals surface area contributed by atoms with Gasteiger partial charge in [0.05, 0.1) is 11.3 Å². The number of piperazine rings is 1. The molecule has 2 fully saturated rings. The molecule has 0 bridgehead atoms. The highest BCUT2D eigenvalue weighted by atomic mass is 35.5. The summed E-state index contributed by atoms with van der Waals surface area (Å²) >= 11 is 12.2. The summed E-state index contributed by atoms with van der Waals surface area (Å²) in [6.07, 6.45) is 12.1. The summed E-state index contributed by atoms with van der Waals surface area (Å²) in [6, 6.07) is 26.0. The van der Waals surface area contributed by atoms with Crippen molar-refractivity contribution in [1.82, 2.24) is 41.0 Å². The average Bonchev–Trinajstić information content (AvgIpc) is 3.82. The van der Waals surface area contributed by atoms with Crippen molar-refractivity contribution in [3.63, 3.8) is 0 Å². The minimum atomic E-state index is 0. The Morgan fingerprint density at radius 3 is 1.73 bits per heavy atom. The third kappa shape index (κ3) is 9.65. The van der Waals surface area contributed by atoms with E-state index < -0.39 is 0 Å². The third-order valence-corrected chi connectivity index (χ3v) is 10.8. The van der Waals surface area contributed by atoms with Crippen LogP contribution >= 0.6 is 23.2 Å². The number of hydrogen-bond acceptors (Lipinski definition) is 7. The Kier molecular flexibility index (Phi) is 13.4. The van der Waals surface area contributed by atoms with Crippen LogP contribution in [-0.2, 0) is 0 Å². The lowest BCUT2D eigenvalue weighted by atomic mass is 9.81. The lowest BCUT2D eigenvalue weighted by molar-refractivity contribution is 0.323. The Morgan fingerprint density at radius 1 is 0.655 bits per heavy atom. The first-order valence-electron chi connectivity index (χ1n) is 19.0. The van der Waals surface area contributed by atoms with Gasteiger partial charge in [0.25, 0.3) is 0 Å². The quantitative estimate of drug-likeness (QED) is 0.122. The molecule has 2 unspecified atom stereocenters. The van der Waals surface area contributed by atoms with Gasteiger partial charge in [-0.1, -0.05) is 68.7 Å². The van der Waals surface area contributed by atoms with Crippen molar-refractivity contribution in [2.45, 2.75) is 90.9 Å². The molecule has 0 radical (unpaired) electrons. The molecule has 4 N–H and O–H groups in total. The normalized spacial score (nSPS) is 19.7. The summed E-state index contributed by atoms with van der Waals surface area (Å²) in [4.78, 5) is 10.7. The summed E-state index contributed by atoms with van der Waals surface area (Å²) in [6.45, 7) is 10.7. The molecule has 0 spiro atoms. The van der Waals surface area contributed by atoms with Gasteiger partial charge in [-0.15, -0.1) is 0 Å². The molecular formula is C44H53Cl2N9. The zero-order valence-electron chi connectivity index (χ0n) is 31.4. The Hall–Kier alpha value is -4.54. The predicted molar refractivity (Wildman–Crippen MR) is 229 cm³/mol. The third-order valence-electron chi connectivity index (χ3n) is 10.3. The van der Waals surface area contributed by atoms with Crippen molar-refractivity contribution in [2.75, 3.05) is 18.0 Å². The standard InChI is InChI=1S/C23H27ClN4.C20H22ClN5.CH4/c1-15(2)26-20-9-5-18(6-10-20)23-21(16-11-13-25-14-12-16)22(27-28-23)17-3-7-19(24)8-4-17;1-13-11-26(12-14(2)23-13)20-18(15-7-9-22-10-8-15)19(24-25-20)16-3-5-17(21)6-4-16;/h3-4,7-8,11-15,18,20,26H,5-6,9-10H2,1-2H3,(H,27,28);3-10,13-14,23H,11-12H2,1-2H3,(H,24,25);1H4. The Bertz CT molecular complexity index is 2060. The number of benzene rings is 2. The van der Waals surface area contributed by atoms with Gasteiger partial charge in [-0.3, -0.25) is 20.2 Å². The molecule has 2 aliphatic rings. The molecule has 4 aromatic heterocycles. The zero-order valence-corrected chi connectivity index (χ0v) is 32.9. The van der Waals surface area contributed by atoms with Crippen LogP contribution in [0, 0.1) is 0 Å². The number of rotatable bonds is 8. The van der Waals surface area contributed by atoms with Gasteiger partial charge in [0.2, 0.25) is 0 Å². The summed E-state index contributed by atoms with van der Waals surface area (Å²) in [5.74, 6) is 1.49. The molecular weight excluding hydrogens is 725 g/mol. The van der Waals surface area contributed by atoms with E-state index >= 15 is 0 Å². The molecule has 1 aliphatic carbocycles. The number of nitrogens with one attached hydrogen (secondary N) is 4. The summed E-state index contributed by atoms with van der Waals surface area (Å²) in [7, 11) is 0. The van der Waals surface area contributed by atoms with E-state index in [4.69, 9.17) is 33.4 Å². The van der Waals surface area contributed by atoms with Gasteiger partial charge in [0, 0.05) is 100 Å². The fourth-order valence-corrected chi connectivity index (χ4v) is 8.23. The van der Waals surface area contributed by atoms with E-state index in [1.165, 1.54) is 36.9 Å². The minimum Gasteiger partial charge on any atom is -0.352 e. The van der Waals surface area contributed by atoms with Crippen LogP contribution in [0.2, 0.25) is 10.0 Å². The number of nitrogens with zero attached hydrogens (tertiary/aromatic N) is 5. The molecule has 11 heteroatoms. The molecule has 8 rings (SSSR count). The van der Waals surface area contributed by atoms with E-state index in [0.717, 1.165) is 68.2 Å². The first kappa shape index (κ1) is 40.1. The molecule has 9 nitrogen and oxygen atoms in total. The highest BCUT2D eigenvalue weighted by Gasteiger charge is 2.29. The fraction of sp³-hybridized carbons (Fsp3) is 0.364. The predicted octanol–water partition coefficient (Wildman–Crippen LogP) is 10.4. The first-order chi connectivity index (χ1) is 26.2. The Morgan fingerprint density at radius 2 is 1.18 bits per heavy atom. The van der Waals surface area contributed by atoms with Gasteiger partial charge in [-0.2, -0.15) is 10.2 Å². The second-order valence-electron chi connectivity index (χ2n) is 14.9. The average molecular weight is 779 g/mol.